The van der Waals surface area contributed by atoms with Crippen LogP contribution in [-0.4, -0.2) is 37.2 Å². The Balaban J connectivity index is 4.63. The average Bonchev–Trinajstić information content (AvgIpc) is 3.37. The molecule has 392 valence electrons. The Hall–Kier alpha value is -5.49. The molecule has 0 bridgehead atoms. The van der Waals surface area contributed by atoms with Crippen LogP contribution in [0.4, 0.5) is 0 Å². The molecular weight excluding hydrogens is 877 g/mol. The highest BCUT2D eigenvalue weighted by Crippen LogP contribution is 2.11. The van der Waals surface area contributed by atoms with Gasteiger partial charge in [0.1, 0.15) is 13.2 Å². The largest absolute Gasteiger partial charge is 0.462 e. The van der Waals surface area contributed by atoms with Crippen molar-refractivity contribution in [2.45, 2.75) is 194 Å². The molecule has 1 atom stereocenters. The van der Waals surface area contributed by atoms with Crippen molar-refractivity contribution in [3.8, 4) is 0 Å². The first-order valence-electron chi connectivity index (χ1n) is 27.4. The summed E-state index contributed by atoms with van der Waals surface area (Å²) >= 11 is 0. The standard InChI is InChI=1S/C65H96O6/c1-4-7-10-13-16-19-22-25-28-30-32-34-37-40-43-46-49-52-55-58-64(67)70-61-62(60-69-63(66)57-54-51-48-45-42-39-36-27-24-21-18-15-12-9-6-3)71-65(68)59-56-53-50-47-44-41-38-35-33-31-29-26-23-20-17-14-11-8-5-2/h7-12,15-21,24-29,32-36,39-44,62H,4-6,13-14,22-23,30-31,37-38,45-61H2,1-3H3/b10-7-,11-8-,12-9-,18-15-,19-16-,20-17-,24-21-,28-25-,29-26-,34-32-,35-33-,36-27-,42-39-,43-40-,44-41-. The summed E-state index contributed by atoms with van der Waals surface area (Å²) in [7, 11) is 0. The van der Waals surface area contributed by atoms with Crippen LogP contribution in [0.2, 0.25) is 0 Å². The molecule has 0 aliphatic heterocycles. The minimum atomic E-state index is -0.839. The van der Waals surface area contributed by atoms with E-state index in [4.69, 9.17) is 14.2 Å². The fourth-order valence-corrected chi connectivity index (χ4v) is 6.51. The molecule has 1 unspecified atom stereocenters. The molecule has 0 rings (SSSR count). The molecule has 6 heteroatoms. The van der Waals surface area contributed by atoms with Crippen molar-refractivity contribution >= 4 is 17.9 Å². The topological polar surface area (TPSA) is 78.9 Å². The van der Waals surface area contributed by atoms with Gasteiger partial charge in [-0.25, -0.2) is 0 Å². The number of hydrogen-bond acceptors (Lipinski definition) is 6. The second-order valence-corrected chi connectivity index (χ2v) is 17.1. The van der Waals surface area contributed by atoms with Gasteiger partial charge in [0.05, 0.1) is 0 Å². The van der Waals surface area contributed by atoms with Gasteiger partial charge in [-0.15, -0.1) is 0 Å². The number of carbonyl (C=O) groups is 3. The molecule has 71 heavy (non-hydrogen) atoms. The van der Waals surface area contributed by atoms with E-state index in [1.165, 1.54) is 0 Å². The molecule has 0 radical (unpaired) electrons. The van der Waals surface area contributed by atoms with Crippen LogP contribution in [0.15, 0.2) is 182 Å². The van der Waals surface area contributed by atoms with Crippen LogP contribution in [0.3, 0.4) is 0 Å². The second kappa shape index (κ2) is 57.1. The van der Waals surface area contributed by atoms with Gasteiger partial charge in [0.25, 0.3) is 0 Å². The van der Waals surface area contributed by atoms with E-state index in [9.17, 15) is 14.4 Å². The van der Waals surface area contributed by atoms with Crippen molar-refractivity contribution in [2.75, 3.05) is 13.2 Å². The summed E-state index contributed by atoms with van der Waals surface area (Å²) in [6.07, 6.45) is 85.9. The maximum atomic E-state index is 12.8. The van der Waals surface area contributed by atoms with E-state index in [2.05, 4.69) is 154 Å². The van der Waals surface area contributed by atoms with Gasteiger partial charge in [-0.3, -0.25) is 14.4 Å². The number of rotatable bonds is 46. The highest BCUT2D eigenvalue weighted by molar-refractivity contribution is 5.71. The number of ether oxygens (including phenoxy) is 3. The molecule has 0 aromatic carbocycles. The van der Waals surface area contributed by atoms with Crippen LogP contribution < -0.4 is 0 Å². The number of hydrogen-bond donors (Lipinski definition) is 0. The molecule has 0 saturated heterocycles. The zero-order chi connectivity index (χ0) is 51.4. The van der Waals surface area contributed by atoms with E-state index in [0.29, 0.717) is 19.3 Å². The summed E-state index contributed by atoms with van der Waals surface area (Å²) < 4.78 is 16.7. The predicted octanol–water partition coefficient (Wildman–Crippen LogP) is 18.5. The average molecular weight is 973 g/mol. The Morgan fingerprint density at radius 2 is 0.577 bits per heavy atom. The molecule has 0 aliphatic rings. The Morgan fingerprint density at radius 3 is 0.930 bits per heavy atom. The Kier molecular flexibility index (Phi) is 52.7. The second-order valence-electron chi connectivity index (χ2n) is 17.1. The van der Waals surface area contributed by atoms with E-state index in [1.807, 2.05) is 48.6 Å². The Bertz CT molecular complexity index is 1730. The number of unbranched alkanes of at least 4 members (excludes halogenated alkanes) is 9. The minimum Gasteiger partial charge on any atom is -0.462 e. The van der Waals surface area contributed by atoms with Gasteiger partial charge in [-0.2, -0.15) is 0 Å². The van der Waals surface area contributed by atoms with Crippen LogP contribution in [0.1, 0.15) is 188 Å². The molecule has 0 heterocycles. The number of carbonyl (C=O) groups excluding carboxylic acids is 3. The van der Waals surface area contributed by atoms with Crippen molar-refractivity contribution < 1.29 is 28.6 Å². The fraction of sp³-hybridized carbons (Fsp3) is 0.492. The van der Waals surface area contributed by atoms with Crippen molar-refractivity contribution in [1.82, 2.24) is 0 Å². The zero-order valence-corrected chi connectivity index (χ0v) is 44.6. The van der Waals surface area contributed by atoms with Crippen molar-refractivity contribution in [1.29, 1.82) is 0 Å². The maximum absolute atomic E-state index is 12.8. The van der Waals surface area contributed by atoms with E-state index in [0.717, 1.165) is 135 Å². The zero-order valence-electron chi connectivity index (χ0n) is 44.6. The summed E-state index contributed by atoms with van der Waals surface area (Å²) in [5, 5.41) is 0. The predicted molar refractivity (Wildman–Crippen MR) is 306 cm³/mol. The number of esters is 3. The van der Waals surface area contributed by atoms with Gasteiger partial charge in [0.2, 0.25) is 0 Å². The quantitative estimate of drug-likeness (QED) is 0.0199. The molecule has 6 nitrogen and oxygen atoms in total. The molecule has 0 amide bonds. The summed E-state index contributed by atoms with van der Waals surface area (Å²) in [5.41, 5.74) is 0. The first kappa shape index (κ1) is 65.5. The lowest BCUT2D eigenvalue weighted by Crippen LogP contribution is -2.30. The molecule has 0 saturated carbocycles. The minimum absolute atomic E-state index is 0.133. The monoisotopic (exact) mass is 973 g/mol. The van der Waals surface area contributed by atoms with Crippen LogP contribution in [-0.2, 0) is 28.6 Å². The smallest absolute Gasteiger partial charge is 0.306 e. The van der Waals surface area contributed by atoms with E-state index >= 15 is 0 Å². The van der Waals surface area contributed by atoms with Gasteiger partial charge in [-0.1, -0.05) is 222 Å². The third-order valence-electron chi connectivity index (χ3n) is 10.5. The summed E-state index contributed by atoms with van der Waals surface area (Å²) in [6, 6.07) is 0. The third kappa shape index (κ3) is 55.3. The van der Waals surface area contributed by atoms with Crippen molar-refractivity contribution in [3.05, 3.63) is 182 Å². The van der Waals surface area contributed by atoms with Crippen molar-refractivity contribution in [2.24, 2.45) is 0 Å². The molecule has 0 fully saturated rings. The normalized spacial score (nSPS) is 13.6. The Labute approximate surface area is 434 Å². The molecular formula is C65H96O6. The molecule has 0 aromatic heterocycles. The van der Waals surface area contributed by atoms with Crippen LogP contribution in [0.5, 0.6) is 0 Å². The Morgan fingerprint density at radius 1 is 0.296 bits per heavy atom. The summed E-state index contributed by atoms with van der Waals surface area (Å²) in [6.45, 7) is 6.14. The molecule has 0 aromatic rings. The molecule has 0 N–H and O–H groups in total. The van der Waals surface area contributed by atoms with Crippen LogP contribution in [0.25, 0.3) is 0 Å². The molecule has 0 spiro atoms. The van der Waals surface area contributed by atoms with Gasteiger partial charge < -0.3 is 14.2 Å². The summed E-state index contributed by atoms with van der Waals surface area (Å²) in [5.74, 6) is -1.05. The van der Waals surface area contributed by atoms with Gasteiger partial charge >= 0.3 is 17.9 Å². The van der Waals surface area contributed by atoms with Gasteiger partial charge in [-0.05, 0) is 128 Å². The van der Waals surface area contributed by atoms with Gasteiger partial charge in [0.15, 0.2) is 6.10 Å². The SMILES string of the molecule is CC\C=C/C=C\C=C/C=C\C=C/CCCCCC(=O)OCC(COC(=O)CCCCC/C=C\C/C=C\C/C=C\C/C=C\C/C=C\CC)OC(=O)CCCCC/C=C\C/C=C\C/C=C\C/C=C\C/C=C\CC. The third-order valence-corrected chi connectivity index (χ3v) is 10.5. The van der Waals surface area contributed by atoms with E-state index < -0.39 is 6.10 Å². The highest BCUT2D eigenvalue weighted by atomic mass is 16.6. The maximum Gasteiger partial charge on any atom is 0.306 e. The van der Waals surface area contributed by atoms with Gasteiger partial charge in [0, 0.05) is 19.3 Å². The summed E-state index contributed by atoms with van der Waals surface area (Å²) in [4.78, 5) is 38.1. The number of allylic oxidation sites excluding steroid dienone is 30. The lowest BCUT2D eigenvalue weighted by atomic mass is 10.1. The lowest BCUT2D eigenvalue weighted by molar-refractivity contribution is -0.167. The van der Waals surface area contributed by atoms with E-state index in [-0.39, 0.29) is 44.0 Å². The van der Waals surface area contributed by atoms with Crippen LogP contribution in [0, 0.1) is 0 Å². The first-order valence-corrected chi connectivity index (χ1v) is 27.4. The first-order chi connectivity index (χ1) is 35.0. The highest BCUT2D eigenvalue weighted by Gasteiger charge is 2.19. The van der Waals surface area contributed by atoms with E-state index in [1.54, 1.807) is 0 Å². The molecule has 0 aliphatic carbocycles. The lowest BCUT2D eigenvalue weighted by Gasteiger charge is -2.18. The van der Waals surface area contributed by atoms with Crippen LogP contribution >= 0.6 is 0 Å². The van der Waals surface area contributed by atoms with Crippen molar-refractivity contribution in [3.63, 3.8) is 0 Å². The fourth-order valence-electron chi connectivity index (χ4n) is 6.51.